The minimum Gasteiger partial charge on any atom is -0.351 e. The van der Waals surface area contributed by atoms with Crippen molar-refractivity contribution in [3.63, 3.8) is 0 Å². The molecule has 0 radical (unpaired) electrons. The number of hydrogen-bond acceptors (Lipinski definition) is 3. The first-order valence-electron chi connectivity index (χ1n) is 7.62. The number of benzene rings is 2. The maximum Gasteiger partial charge on any atom is 0.153 e. The third-order valence-corrected chi connectivity index (χ3v) is 4.67. The van der Waals surface area contributed by atoms with Gasteiger partial charge in [0.2, 0.25) is 0 Å². The van der Waals surface area contributed by atoms with Crippen molar-refractivity contribution >= 4 is 34.6 Å². The zero-order chi connectivity index (χ0) is 15.8. The standard InChI is InChI=1S/C19H15ClN2O/c20-17-7-3-6-14-10-16(12-23)19(21-18(14)17)22-9-8-13-4-1-2-5-15(13)11-22/h1-7,10,12H,8-9,11H2. The van der Waals surface area contributed by atoms with Crippen molar-refractivity contribution < 1.29 is 4.79 Å². The first-order chi connectivity index (χ1) is 11.3. The number of nitrogens with zero attached hydrogens (tertiary/aromatic N) is 2. The highest BCUT2D eigenvalue weighted by Crippen LogP contribution is 2.30. The van der Waals surface area contributed by atoms with E-state index in [4.69, 9.17) is 16.6 Å². The second-order valence-electron chi connectivity index (χ2n) is 5.77. The highest BCUT2D eigenvalue weighted by molar-refractivity contribution is 6.35. The van der Waals surface area contributed by atoms with E-state index in [1.807, 2.05) is 30.3 Å². The first-order valence-corrected chi connectivity index (χ1v) is 8.00. The maximum absolute atomic E-state index is 11.5. The Morgan fingerprint density at radius 3 is 2.74 bits per heavy atom. The van der Waals surface area contributed by atoms with Crippen molar-refractivity contribution in [3.8, 4) is 0 Å². The average Bonchev–Trinajstić information content (AvgIpc) is 2.60. The molecule has 0 saturated heterocycles. The van der Waals surface area contributed by atoms with Gasteiger partial charge in [-0.1, -0.05) is 48.0 Å². The minimum atomic E-state index is 0.610. The summed E-state index contributed by atoms with van der Waals surface area (Å²) in [6.45, 7) is 1.61. The number of aldehydes is 1. The Labute approximate surface area is 139 Å². The summed E-state index contributed by atoms with van der Waals surface area (Å²) in [6, 6.07) is 15.9. The van der Waals surface area contributed by atoms with Crippen LogP contribution in [0.2, 0.25) is 5.02 Å². The molecule has 0 saturated carbocycles. The fourth-order valence-corrected chi connectivity index (χ4v) is 3.41. The van der Waals surface area contributed by atoms with Crippen LogP contribution in [-0.2, 0) is 13.0 Å². The minimum absolute atomic E-state index is 0.610. The fourth-order valence-electron chi connectivity index (χ4n) is 3.19. The topological polar surface area (TPSA) is 33.2 Å². The number of pyridine rings is 1. The van der Waals surface area contributed by atoms with Crippen LogP contribution in [-0.4, -0.2) is 17.8 Å². The van der Waals surface area contributed by atoms with E-state index in [1.54, 1.807) is 0 Å². The van der Waals surface area contributed by atoms with Gasteiger partial charge in [-0.25, -0.2) is 4.98 Å². The van der Waals surface area contributed by atoms with Gasteiger partial charge in [0.1, 0.15) is 5.82 Å². The highest BCUT2D eigenvalue weighted by atomic mass is 35.5. The van der Waals surface area contributed by atoms with E-state index in [2.05, 4.69) is 23.1 Å². The number of halogens is 1. The van der Waals surface area contributed by atoms with Gasteiger partial charge in [-0.05, 0) is 29.7 Å². The number of carbonyl (C=O) groups is 1. The van der Waals surface area contributed by atoms with Crippen LogP contribution < -0.4 is 4.90 Å². The molecule has 4 rings (SSSR count). The van der Waals surface area contributed by atoms with Gasteiger partial charge in [0, 0.05) is 18.5 Å². The monoisotopic (exact) mass is 322 g/mol. The van der Waals surface area contributed by atoms with Crippen molar-refractivity contribution in [1.82, 2.24) is 4.98 Å². The lowest BCUT2D eigenvalue weighted by atomic mass is 9.99. The predicted octanol–water partition coefficient (Wildman–Crippen LogP) is 4.26. The first kappa shape index (κ1) is 14.2. The van der Waals surface area contributed by atoms with E-state index in [9.17, 15) is 4.79 Å². The summed E-state index contributed by atoms with van der Waals surface area (Å²) < 4.78 is 0. The Morgan fingerprint density at radius 1 is 1.09 bits per heavy atom. The largest absolute Gasteiger partial charge is 0.351 e. The van der Waals surface area contributed by atoms with Gasteiger partial charge >= 0.3 is 0 Å². The second kappa shape index (κ2) is 5.67. The summed E-state index contributed by atoms with van der Waals surface area (Å²) in [6.07, 6.45) is 1.83. The van der Waals surface area contributed by atoms with Crippen LogP contribution in [0.25, 0.3) is 10.9 Å². The molecular formula is C19H15ClN2O. The predicted molar refractivity (Wildman–Crippen MR) is 93.3 cm³/mol. The number of carbonyl (C=O) groups excluding carboxylic acids is 1. The molecule has 1 aromatic heterocycles. The van der Waals surface area contributed by atoms with Crippen molar-refractivity contribution in [2.24, 2.45) is 0 Å². The SMILES string of the molecule is O=Cc1cc2cccc(Cl)c2nc1N1CCc2ccccc2C1. The molecule has 0 N–H and O–H groups in total. The van der Waals surface area contributed by atoms with Gasteiger partial charge in [0.15, 0.2) is 6.29 Å². The summed E-state index contributed by atoms with van der Waals surface area (Å²) in [5.74, 6) is 0.718. The highest BCUT2D eigenvalue weighted by Gasteiger charge is 2.20. The lowest BCUT2D eigenvalue weighted by Gasteiger charge is -2.30. The van der Waals surface area contributed by atoms with E-state index in [0.29, 0.717) is 10.6 Å². The summed E-state index contributed by atoms with van der Waals surface area (Å²) in [5, 5.41) is 1.50. The molecule has 0 spiro atoms. The molecule has 1 aliphatic rings. The molecule has 0 atom stereocenters. The number of fused-ring (bicyclic) bond motifs is 2. The van der Waals surface area contributed by atoms with Crippen LogP contribution in [0.4, 0.5) is 5.82 Å². The molecule has 1 aliphatic heterocycles. The molecule has 0 amide bonds. The second-order valence-corrected chi connectivity index (χ2v) is 6.18. The molecule has 3 nitrogen and oxygen atoms in total. The molecule has 4 heteroatoms. The lowest BCUT2D eigenvalue weighted by molar-refractivity contribution is 0.112. The summed E-state index contributed by atoms with van der Waals surface area (Å²) in [5.41, 5.74) is 4.01. The normalized spacial score (nSPS) is 13.9. The van der Waals surface area contributed by atoms with Gasteiger partial charge in [0.25, 0.3) is 0 Å². The van der Waals surface area contributed by atoms with Crippen molar-refractivity contribution in [3.05, 3.63) is 70.2 Å². The van der Waals surface area contributed by atoms with Gasteiger partial charge in [-0.2, -0.15) is 0 Å². The van der Waals surface area contributed by atoms with E-state index in [0.717, 1.165) is 42.5 Å². The lowest BCUT2D eigenvalue weighted by Crippen LogP contribution is -2.31. The quantitative estimate of drug-likeness (QED) is 0.661. The van der Waals surface area contributed by atoms with Crippen LogP contribution in [0.5, 0.6) is 0 Å². The van der Waals surface area contributed by atoms with Crippen molar-refractivity contribution in [1.29, 1.82) is 0 Å². The van der Waals surface area contributed by atoms with Gasteiger partial charge in [-0.15, -0.1) is 0 Å². The van der Waals surface area contributed by atoms with Crippen LogP contribution in [0.1, 0.15) is 21.5 Å². The van der Waals surface area contributed by atoms with Gasteiger partial charge in [-0.3, -0.25) is 4.79 Å². The summed E-state index contributed by atoms with van der Waals surface area (Å²) >= 11 is 6.28. The number of para-hydroxylation sites is 1. The maximum atomic E-state index is 11.5. The Bertz CT molecular complexity index is 907. The Morgan fingerprint density at radius 2 is 1.91 bits per heavy atom. The van der Waals surface area contributed by atoms with Crippen LogP contribution >= 0.6 is 11.6 Å². The van der Waals surface area contributed by atoms with E-state index in [-0.39, 0.29) is 0 Å². The number of aromatic nitrogens is 1. The smallest absolute Gasteiger partial charge is 0.153 e. The molecule has 0 bridgehead atoms. The zero-order valence-corrected chi connectivity index (χ0v) is 13.3. The number of rotatable bonds is 2. The summed E-state index contributed by atoms with van der Waals surface area (Å²) in [7, 11) is 0. The number of hydrogen-bond donors (Lipinski definition) is 0. The molecule has 2 aromatic carbocycles. The molecule has 0 unspecified atom stereocenters. The van der Waals surface area contributed by atoms with Crippen LogP contribution in [0, 0.1) is 0 Å². The number of anilines is 1. The molecule has 3 aromatic rings. The van der Waals surface area contributed by atoms with Crippen LogP contribution in [0.3, 0.4) is 0 Å². The molecule has 2 heterocycles. The van der Waals surface area contributed by atoms with Crippen LogP contribution in [0.15, 0.2) is 48.5 Å². The summed E-state index contributed by atoms with van der Waals surface area (Å²) in [4.78, 5) is 18.4. The molecule has 114 valence electrons. The van der Waals surface area contributed by atoms with Gasteiger partial charge < -0.3 is 4.90 Å². The Kier molecular flexibility index (Phi) is 3.50. The molecule has 0 fully saturated rings. The van der Waals surface area contributed by atoms with E-state index in [1.165, 1.54) is 11.1 Å². The van der Waals surface area contributed by atoms with E-state index >= 15 is 0 Å². The Balaban J connectivity index is 1.82. The van der Waals surface area contributed by atoms with Crippen molar-refractivity contribution in [2.75, 3.05) is 11.4 Å². The third-order valence-electron chi connectivity index (χ3n) is 4.36. The van der Waals surface area contributed by atoms with Crippen molar-refractivity contribution in [2.45, 2.75) is 13.0 Å². The zero-order valence-electron chi connectivity index (χ0n) is 12.5. The van der Waals surface area contributed by atoms with E-state index < -0.39 is 0 Å². The third kappa shape index (κ3) is 2.47. The van der Waals surface area contributed by atoms with Gasteiger partial charge in [0.05, 0.1) is 16.1 Å². The molecule has 23 heavy (non-hydrogen) atoms. The molecule has 0 aliphatic carbocycles. The Hall–Kier alpha value is -2.39. The average molecular weight is 323 g/mol. The fraction of sp³-hybridized carbons (Fsp3) is 0.158. The molecular weight excluding hydrogens is 308 g/mol.